The number of aliphatic hydroxyl groups is 1. The molecule has 0 aliphatic carbocycles. The minimum absolute atomic E-state index is 0.550. The molecule has 0 radical (unpaired) electrons. The Bertz CT molecular complexity index is 587. The van der Waals surface area contributed by atoms with Crippen LogP contribution in [0.5, 0.6) is 0 Å². The van der Waals surface area contributed by atoms with Crippen LogP contribution in [0.4, 0.5) is 0 Å². The average molecular weight is 295 g/mol. The molecule has 1 unspecified atom stereocenters. The van der Waals surface area contributed by atoms with E-state index in [4.69, 9.17) is 0 Å². The zero-order valence-electron chi connectivity index (χ0n) is 13.5. The Balaban J connectivity index is 2.14. The Morgan fingerprint density at radius 3 is 2.64 bits per heavy atom. The molecule has 0 fully saturated rings. The lowest BCUT2D eigenvalue weighted by molar-refractivity contribution is 0.209. The Morgan fingerprint density at radius 1 is 1.23 bits per heavy atom. The predicted molar refractivity (Wildman–Crippen MR) is 91.7 cm³/mol. The third-order valence-corrected chi connectivity index (χ3v) is 3.89. The number of aryl methyl sites for hydroxylation is 1. The van der Waals surface area contributed by atoms with Gasteiger partial charge < -0.3 is 5.11 Å². The molecule has 1 atom stereocenters. The molecule has 2 aromatic rings. The monoisotopic (exact) mass is 295 g/mol. The van der Waals surface area contributed by atoms with E-state index in [-0.39, 0.29) is 0 Å². The van der Waals surface area contributed by atoms with Crippen LogP contribution in [-0.2, 0) is 6.42 Å². The molecule has 0 saturated heterocycles. The third-order valence-electron chi connectivity index (χ3n) is 3.89. The van der Waals surface area contributed by atoms with E-state index >= 15 is 0 Å². The first-order chi connectivity index (χ1) is 10.7. The van der Waals surface area contributed by atoms with Crippen LogP contribution >= 0.6 is 0 Å². The minimum Gasteiger partial charge on any atom is -0.384 e. The van der Waals surface area contributed by atoms with Crippen LogP contribution < -0.4 is 0 Å². The molecule has 22 heavy (non-hydrogen) atoms. The number of hydrogen-bond donors (Lipinski definition) is 1. The number of nitrogens with zero attached hydrogens (tertiary/aromatic N) is 1. The lowest BCUT2D eigenvalue weighted by atomic mass is 9.96. The van der Waals surface area contributed by atoms with Gasteiger partial charge in [0, 0.05) is 18.0 Å². The third kappa shape index (κ3) is 4.81. The van der Waals surface area contributed by atoms with Gasteiger partial charge in [-0.15, -0.1) is 0 Å². The zero-order valence-corrected chi connectivity index (χ0v) is 13.5. The lowest BCUT2D eigenvalue weighted by Crippen LogP contribution is -2.03. The molecule has 0 amide bonds. The van der Waals surface area contributed by atoms with Crippen LogP contribution in [0.25, 0.3) is 0 Å². The van der Waals surface area contributed by atoms with E-state index in [1.807, 2.05) is 12.1 Å². The quantitative estimate of drug-likeness (QED) is 0.745. The Kier molecular flexibility index (Phi) is 6.35. The van der Waals surface area contributed by atoms with Gasteiger partial charge in [0.2, 0.25) is 0 Å². The molecule has 0 aliphatic rings. The molecular formula is C20H25NO. The first kappa shape index (κ1) is 16.4. The largest absolute Gasteiger partial charge is 0.384 e. The molecule has 0 spiro atoms. The molecule has 2 nitrogen and oxygen atoms in total. The second kappa shape index (κ2) is 8.50. The normalized spacial score (nSPS) is 13.1. The smallest absolute Gasteiger partial charge is 0.102 e. The Morgan fingerprint density at radius 2 is 2.00 bits per heavy atom. The SMILES string of the molecule is CCCC/C(=C/Cc1ccc(C)cc1)C(O)c1cccnc1. The summed E-state index contributed by atoms with van der Waals surface area (Å²) in [6.45, 7) is 4.27. The standard InChI is InChI=1S/C20H25NO/c1-3-4-6-18(20(22)19-7-5-14-21-15-19)13-12-17-10-8-16(2)9-11-17/h5,7-11,13-15,20,22H,3-4,6,12H2,1-2H3/b18-13-. The average Bonchev–Trinajstić information content (AvgIpc) is 2.57. The van der Waals surface area contributed by atoms with Crippen LogP contribution in [0.3, 0.4) is 0 Å². The summed E-state index contributed by atoms with van der Waals surface area (Å²) >= 11 is 0. The van der Waals surface area contributed by atoms with Gasteiger partial charge in [0.1, 0.15) is 6.10 Å². The molecule has 0 saturated carbocycles. The summed E-state index contributed by atoms with van der Waals surface area (Å²) in [5, 5.41) is 10.6. The molecule has 116 valence electrons. The number of allylic oxidation sites excluding steroid dienone is 1. The van der Waals surface area contributed by atoms with Gasteiger partial charge in [-0.1, -0.05) is 55.3 Å². The highest BCUT2D eigenvalue weighted by atomic mass is 16.3. The number of rotatable bonds is 7. The molecule has 1 heterocycles. The zero-order chi connectivity index (χ0) is 15.8. The van der Waals surface area contributed by atoms with Gasteiger partial charge in [-0.3, -0.25) is 4.98 Å². The first-order valence-electron chi connectivity index (χ1n) is 8.03. The number of aromatic nitrogens is 1. The summed E-state index contributed by atoms with van der Waals surface area (Å²) in [4.78, 5) is 4.11. The highest BCUT2D eigenvalue weighted by molar-refractivity contribution is 5.27. The second-order valence-electron chi connectivity index (χ2n) is 5.76. The van der Waals surface area contributed by atoms with Crippen LogP contribution in [0.1, 0.15) is 49.0 Å². The van der Waals surface area contributed by atoms with Crippen molar-refractivity contribution in [2.24, 2.45) is 0 Å². The summed E-state index contributed by atoms with van der Waals surface area (Å²) < 4.78 is 0. The first-order valence-corrected chi connectivity index (χ1v) is 8.03. The maximum absolute atomic E-state index is 10.6. The Hall–Kier alpha value is -1.93. The van der Waals surface area contributed by atoms with E-state index in [2.05, 4.69) is 49.2 Å². The van der Waals surface area contributed by atoms with Crippen LogP contribution in [0.15, 0.2) is 60.4 Å². The molecule has 0 aliphatic heterocycles. The second-order valence-corrected chi connectivity index (χ2v) is 5.76. The van der Waals surface area contributed by atoms with Crippen molar-refractivity contribution in [2.75, 3.05) is 0 Å². The minimum atomic E-state index is -0.550. The van der Waals surface area contributed by atoms with Gasteiger partial charge in [-0.2, -0.15) is 0 Å². The number of hydrogen-bond acceptors (Lipinski definition) is 2. The Labute approximate surface area is 133 Å². The fourth-order valence-corrected chi connectivity index (χ4v) is 2.46. The van der Waals surface area contributed by atoms with Crippen LogP contribution in [-0.4, -0.2) is 10.1 Å². The molecule has 2 heteroatoms. The van der Waals surface area contributed by atoms with Crippen molar-refractivity contribution in [3.8, 4) is 0 Å². The van der Waals surface area contributed by atoms with Crippen molar-refractivity contribution in [3.05, 3.63) is 77.1 Å². The lowest BCUT2D eigenvalue weighted by Gasteiger charge is -2.15. The fourth-order valence-electron chi connectivity index (χ4n) is 2.46. The van der Waals surface area contributed by atoms with E-state index in [1.165, 1.54) is 11.1 Å². The molecule has 1 N–H and O–H groups in total. The van der Waals surface area contributed by atoms with Gasteiger partial charge in [0.05, 0.1) is 0 Å². The van der Waals surface area contributed by atoms with E-state index < -0.39 is 6.10 Å². The summed E-state index contributed by atoms with van der Waals surface area (Å²) in [5.74, 6) is 0. The molecule has 2 rings (SSSR count). The summed E-state index contributed by atoms with van der Waals surface area (Å²) in [7, 11) is 0. The van der Waals surface area contributed by atoms with Gasteiger partial charge in [0.25, 0.3) is 0 Å². The molecule has 1 aromatic heterocycles. The van der Waals surface area contributed by atoms with Gasteiger partial charge in [-0.05, 0) is 43.4 Å². The van der Waals surface area contributed by atoms with Gasteiger partial charge >= 0.3 is 0 Å². The van der Waals surface area contributed by atoms with Crippen LogP contribution in [0, 0.1) is 6.92 Å². The summed E-state index contributed by atoms with van der Waals surface area (Å²) in [6.07, 6.45) is 9.12. The van der Waals surface area contributed by atoms with E-state index in [0.29, 0.717) is 0 Å². The maximum Gasteiger partial charge on any atom is 0.102 e. The molecule has 1 aromatic carbocycles. The van der Waals surface area contributed by atoms with Crippen molar-refractivity contribution in [1.29, 1.82) is 0 Å². The van der Waals surface area contributed by atoms with Crippen molar-refractivity contribution in [1.82, 2.24) is 4.98 Å². The van der Waals surface area contributed by atoms with Crippen LogP contribution in [0.2, 0.25) is 0 Å². The summed E-state index contributed by atoms with van der Waals surface area (Å²) in [5.41, 5.74) is 4.51. The van der Waals surface area contributed by atoms with Crippen molar-refractivity contribution >= 4 is 0 Å². The highest BCUT2D eigenvalue weighted by Crippen LogP contribution is 2.25. The molecule has 0 bridgehead atoms. The molecular weight excluding hydrogens is 270 g/mol. The topological polar surface area (TPSA) is 33.1 Å². The number of aliphatic hydroxyl groups excluding tert-OH is 1. The van der Waals surface area contributed by atoms with Gasteiger partial charge in [0.15, 0.2) is 0 Å². The predicted octanol–water partition coefficient (Wildman–Crippen LogP) is 4.78. The van der Waals surface area contributed by atoms with Crippen molar-refractivity contribution in [2.45, 2.75) is 45.6 Å². The summed E-state index contributed by atoms with van der Waals surface area (Å²) in [6, 6.07) is 12.4. The van der Waals surface area contributed by atoms with Crippen molar-refractivity contribution < 1.29 is 5.11 Å². The number of benzene rings is 1. The number of unbranched alkanes of at least 4 members (excludes halogenated alkanes) is 1. The maximum atomic E-state index is 10.6. The number of pyridine rings is 1. The van der Waals surface area contributed by atoms with E-state index in [0.717, 1.165) is 36.8 Å². The fraction of sp³-hybridized carbons (Fsp3) is 0.350. The van der Waals surface area contributed by atoms with E-state index in [1.54, 1.807) is 12.4 Å². The van der Waals surface area contributed by atoms with Gasteiger partial charge in [-0.25, -0.2) is 0 Å². The van der Waals surface area contributed by atoms with Crippen molar-refractivity contribution in [3.63, 3.8) is 0 Å². The highest BCUT2D eigenvalue weighted by Gasteiger charge is 2.13. The van der Waals surface area contributed by atoms with E-state index in [9.17, 15) is 5.11 Å².